The zero-order chi connectivity index (χ0) is 22.2. The SMILES string of the molecule is CN(CCCCCc1cc(-c2ccccc2)n[nH]1)C(=O)c1cnc(-c2ccccc2)nc1. The average molecular weight is 426 g/mol. The predicted octanol–water partition coefficient (Wildman–Crippen LogP) is 5.02. The Morgan fingerprint density at radius 3 is 2.22 bits per heavy atom. The van der Waals surface area contributed by atoms with Gasteiger partial charge in [-0.15, -0.1) is 0 Å². The van der Waals surface area contributed by atoms with Crippen LogP contribution in [0.3, 0.4) is 0 Å². The molecule has 0 aliphatic carbocycles. The topological polar surface area (TPSA) is 74.8 Å². The van der Waals surface area contributed by atoms with Crippen LogP contribution in [0.2, 0.25) is 0 Å². The first-order valence-corrected chi connectivity index (χ1v) is 10.9. The zero-order valence-corrected chi connectivity index (χ0v) is 18.2. The van der Waals surface area contributed by atoms with Crippen LogP contribution in [0.15, 0.2) is 79.1 Å². The van der Waals surface area contributed by atoms with E-state index in [0.717, 1.165) is 48.2 Å². The molecule has 6 nitrogen and oxygen atoms in total. The number of aromatic amines is 1. The molecule has 0 radical (unpaired) electrons. The van der Waals surface area contributed by atoms with Crippen molar-refractivity contribution in [2.45, 2.75) is 25.7 Å². The zero-order valence-electron chi connectivity index (χ0n) is 18.2. The van der Waals surface area contributed by atoms with Gasteiger partial charge in [0.2, 0.25) is 0 Å². The van der Waals surface area contributed by atoms with Crippen molar-refractivity contribution in [2.24, 2.45) is 0 Å². The second-order valence-electron chi connectivity index (χ2n) is 7.84. The van der Waals surface area contributed by atoms with Crippen molar-refractivity contribution >= 4 is 5.91 Å². The second kappa shape index (κ2) is 10.5. The Balaban J connectivity index is 1.20. The van der Waals surface area contributed by atoms with Gasteiger partial charge in [0.1, 0.15) is 0 Å². The Labute approximate surface area is 188 Å². The van der Waals surface area contributed by atoms with E-state index in [-0.39, 0.29) is 5.91 Å². The maximum Gasteiger partial charge on any atom is 0.256 e. The maximum absolute atomic E-state index is 12.6. The highest BCUT2D eigenvalue weighted by molar-refractivity contribution is 5.93. The van der Waals surface area contributed by atoms with Gasteiger partial charge in [-0.2, -0.15) is 5.10 Å². The summed E-state index contributed by atoms with van der Waals surface area (Å²) in [5, 5.41) is 7.54. The summed E-state index contributed by atoms with van der Waals surface area (Å²) in [4.78, 5) is 23.1. The smallest absolute Gasteiger partial charge is 0.256 e. The van der Waals surface area contributed by atoms with E-state index in [1.807, 2.05) is 55.6 Å². The number of aryl methyl sites for hydroxylation is 1. The summed E-state index contributed by atoms with van der Waals surface area (Å²) in [5.41, 5.74) is 4.69. The molecule has 1 N–H and O–H groups in total. The molecule has 0 unspecified atom stereocenters. The number of hydrogen-bond acceptors (Lipinski definition) is 4. The highest BCUT2D eigenvalue weighted by atomic mass is 16.2. The van der Waals surface area contributed by atoms with E-state index in [9.17, 15) is 4.79 Å². The number of H-pyrrole nitrogens is 1. The second-order valence-corrected chi connectivity index (χ2v) is 7.84. The van der Waals surface area contributed by atoms with Gasteiger partial charge >= 0.3 is 0 Å². The molecule has 6 heteroatoms. The van der Waals surface area contributed by atoms with Gasteiger partial charge in [-0.05, 0) is 25.3 Å². The minimum atomic E-state index is -0.0503. The number of nitrogens with zero attached hydrogens (tertiary/aromatic N) is 4. The van der Waals surface area contributed by atoms with E-state index in [4.69, 9.17) is 0 Å². The largest absolute Gasteiger partial charge is 0.342 e. The van der Waals surface area contributed by atoms with Crippen LogP contribution in [0, 0.1) is 0 Å². The Hall–Kier alpha value is -3.80. The fourth-order valence-corrected chi connectivity index (χ4v) is 3.58. The van der Waals surface area contributed by atoms with Crippen LogP contribution < -0.4 is 0 Å². The summed E-state index contributed by atoms with van der Waals surface area (Å²) >= 11 is 0. The molecule has 0 aliphatic heterocycles. The van der Waals surface area contributed by atoms with Crippen molar-refractivity contribution in [3.8, 4) is 22.6 Å². The molecule has 2 heterocycles. The molecule has 0 saturated carbocycles. The standard InChI is InChI=1S/C26H27N5O/c1-31(26(32)22-18-27-25(28-19-22)21-13-7-3-8-14-21)16-10-4-9-15-23-17-24(30-29-23)20-11-5-2-6-12-20/h2-3,5-8,11-14,17-19H,4,9-10,15-16H2,1H3,(H,29,30). The molecule has 1 amide bonds. The first kappa shape index (κ1) is 21.4. The van der Waals surface area contributed by atoms with Crippen molar-refractivity contribution in [1.29, 1.82) is 0 Å². The molecule has 0 saturated heterocycles. The van der Waals surface area contributed by atoms with Crippen molar-refractivity contribution in [3.63, 3.8) is 0 Å². The lowest BCUT2D eigenvalue weighted by molar-refractivity contribution is 0.0791. The molecule has 0 bridgehead atoms. The molecule has 0 aliphatic rings. The van der Waals surface area contributed by atoms with Crippen LogP contribution in [0.25, 0.3) is 22.6 Å². The number of carbonyl (C=O) groups excluding carboxylic acids is 1. The third-order valence-corrected chi connectivity index (χ3v) is 5.42. The van der Waals surface area contributed by atoms with Crippen LogP contribution in [0.1, 0.15) is 35.3 Å². The Morgan fingerprint density at radius 2 is 1.53 bits per heavy atom. The van der Waals surface area contributed by atoms with Crippen molar-refractivity contribution < 1.29 is 4.79 Å². The molecular weight excluding hydrogens is 398 g/mol. The number of rotatable bonds is 9. The number of unbranched alkanes of at least 4 members (excludes halogenated alkanes) is 2. The van der Waals surface area contributed by atoms with E-state index in [1.165, 1.54) is 0 Å². The summed E-state index contributed by atoms with van der Waals surface area (Å²) in [7, 11) is 1.83. The Kier molecular flexibility index (Phi) is 7.02. The molecule has 0 fully saturated rings. The summed E-state index contributed by atoms with van der Waals surface area (Å²) < 4.78 is 0. The summed E-state index contributed by atoms with van der Waals surface area (Å²) in [5.74, 6) is 0.574. The van der Waals surface area contributed by atoms with Gasteiger partial charge in [0.15, 0.2) is 5.82 Å². The van der Waals surface area contributed by atoms with Gasteiger partial charge in [-0.3, -0.25) is 9.89 Å². The minimum Gasteiger partial charge on any atom is -0.342 e. The third kappa shape index (κ3) is 5.46. The highest BCUT2D eigenvalue weighted by Gasteiger charge is 2.13. The normalized spacial score (nSPS) is 10.8. The van der Waals surface area contributed by atoms with Crippen molar-refractivity contribution in [2.75, 3.05) is 13.6 Å². The highest BCUT2D eigenvalue weighted by Crippen LogP contribution is 2.18. The number of amides is 1. The van der Waals surface area contributed by atoms with Crippen LogP contribution in [0.5, 0.6) is 0 Å². The van der Waals surface area contributed by atoms with Crippen LogP contribution in [-0.2, 0) is 6.42 Å². The van der Waals surface area contributed by atoms with Gasteiger partial charge < -0.3 is 4.90 Å². The summed E-state index contributed by atoms with van der Waals surface area (Å²) in [6.45, 7) is 0.706. The summed E-state index contributed by atoms with van der Waals surface area (Å²) in [6.07, 6.45) is 7.21. The van der Waals surface area contributed by atoms with E-state index in [2.05, 4.69) is 38.4 Å². The van der Waals surface area contributed by atoms with E-state index < -0.39 is 0 Å². The van der Waals surface area contributed by atoms with Gasteiger partial charge in [0, 0.05) is 42.8 Å². The molecule has 2 aromatic heterocycles. The molecular formula is C26H27N5O. The number of benzene rings is 2. The molecule has 32 heavy (non-hydrogen) atoms. The Bertz CT molecular complexity index is 1120. The quantitative estimate of drug-likeness (QED) is 0.382. The van der Waals surface area contributed by atoms with Gasteiger partial charge in [0.25, 0.3) is 5.91 Å². The van der Waals surface area contributed by atoms with Gasteiger partial charge in [0.05, 0.1) is 11.3 Å². The van der Waals surface area contributed by atoms with Gasteiger partial charge in [-0.25, -0.2) is 9.97 Å². The maximum atomic E-state index is 12.6. The van der Waals surface area contributed by atoms with Crippen LogP contribution in [-0.4, -0.2) is 44.6 Å². The number of hydrogen-bond donors (Lipinski definition) is 1. The van der Waals surface area contributed by atoms with Crippen molar-refractivity contribution in [3.05, 3.63) is 90.4 Å². The van der Waals surface area contributed by atoms with Crippen molar-refractivity contribution in [1.82, 2.24) is 25.1 Å². The molecule has 4 rings (SSSR count). The van der Waals surface area contributed by atoms with Gasteiger partial charge in [-0.1, -0.05) is 67.1 Å². The molecule has 0 spiro atoms. The predicted molar refractivity (Wildman–Crippen MR) is 126 cm³/mol. The molecule has 0 atom stereocenters. The number of nitrogens with one attached hydrogen (secondary N) is 1. The van der Waals surface area contributed by atoms with E-state index in [0.29, 0.717) is 17.9 Å². The first-order valence-electron chi connectivity index (χ1n) is 10.9. The van der Waals surface area contributed by atoms with E-state index >= 15 is 0 Å². The lowest BCUT2D eigenvalue weighted by Gasteiger charge is -2.16. The molecule has 4 aromatic rings. The minimum absolute atomic E-state index is 0.0503. The fourth-order valence-electron chi connectivity index (χ4n) is 3.58. The monoisotopic (exact) mass is 425 g/mol. The first-order chi connectivity index (χ1) is 15.7. The Morgan fingerprint density at radius 1 is 0.875 bits per heavy atom. The average Bonchev–Trinajstić information content (AvgIpc) is 3.33. The van der Waals surface area contributed by atoms with Crippen LogP contribution >= 0.6 is 0 Å². The number of aromatic nitrogens is 4. The lowest BCUT2D eigenvalue weighted by Crippen LogP contribution is -2.28. The van der Waals surface area contributed by atoms with Crippen LogP contribution in [0.4, 0.5) is 0 Å². The number of carbonyl (C=O) groups is 1. The molecule has 162 valence electrons. The van der Waals surface area contributed by atoms with E-state index in [1.54, 1.807) is 17.3 Å². The lowest BCUT2D eigenvalue weighted by atomic mass is 10.1. The third-order valence-electron chi connectivity index (χ3n) is 5.42. The summed E-state index contributed by atoms with van der Waals surface area (Å²) in [6, 6.07) is 22.0. The molecule has 2 aromatic carbocycles. The fraction of sp³-hybridized carbons (Fsp3) is 0.231.